The summed E-state index contributed by atoms with van der Waals surface area (Å²) in [6.07, 6.45) is -3.06. The zero-order chi connectivity index (χ0) is 12.2. The molecule has 0 aliphatic carbocycles. The number of rotatable bonds is 4. The van der Waals surface area contributed by atoms with E-state index in [0.717, 1.165) is 6.07 Å². The van der Waals surface area contributed by atoms with Gasteiger partial charge in [-0.25, -0.2) is 4.98 Å². The van der Waals surface area contributed by atoms with Crippen LogP contribution in [-0.2, 0) is 6.18 Å². The molecule has 1 atom stereocenters. The Kier molecular flexibility index (Phi) is 4.12. The molecular formula is C10H14F3N3. The lowest BCUT2D eigenvalue weighted by Crippen LogP contribution is -2.21. The SMILES string of the molecule is CC(CN)CNc1ncccc1C(F)(F)F. The largest absolute Gasteiger partial charge is 0.419 e. The minimum Gasteiger partial charge on any atom is -0.369 e. The van der Waals surface area contributed by atoms with E-state index in [2.05, 4.69) is 10.3 Å². The van der Waals surface area contributed by atoms with Gasteiger partial charge in [0, 0.05) is 12.7 Å². The molecule has 3 nitrogen and oxygen atoms in total. The standard InChI is InChI=1S/C10H14F3N3/c1-7(5-14)6-16-9-8(10(11,12)13)3-2-4-15-9/h2-4,7H,5-6,14H2,1H3,(H,15,16). The Hall–Kier alpha value is -1.30. The summed E-state index contributed by atoms with van der Waals surface area (Å²) in [4.78, 5) is 3.68. The van der Waals surface area contributed by atoms with E-state index in [0.29, 0.717) is 13.1 Å². The summed E-state index contributed by atoms with van der Waals surface area (Å²) in [5.74, 6) is -0.0432. The van der Waals surface area contributed by atoms with Gasteiger partial charge in [-0.3, -0.25) is 0 Å². The second kappa shape index (κ2) is 5.16. The normalized spacial score (nSPS) is 13.6. The molecule has 16 heavy (non-hydrogen) atoms. The van der Waals surface area contributed by atoms with Crippen LogP contribution in [0, 0.1) is 5.92 Å². The number of halogens is 3. The molecule has 1 unspecified atom stereocenters. The first-order valence-electron chi connectivity index (χ1n) is 4.91. The molecule has 90 valence electrons. The lowest BCUT2D eigenvalue weighted by Gasteiger charge is -2.15. The molecule has 6 heteroatoms. The molecule has 1 rings (SSSR count). The van der Waals surface area contributed by atoms with Crippen LogP contribution in [0.2, 0.25) is 0 Å². The molecule has 0 aromatic carbocycles. The molecule has 0 amide bonds. The van der Waals surface area contributed by atoms with Crippen molar-refractivity contribution in [2.75, 3.05) is 18.4 Å². The summed E-state index contributed by atoms with van der Waals surface area (Å²) in [6.45, 7) is 2.64. The van der Waals surface area contributed by atoms with Crippen LogP contribution in [0.1, 0.15) is 12.5 Å². The van der Waals surface area contributed by atoms with Gasteiger partial charge >= 0.3 is 6.18 Å². The quantitative estimate of drug-likeness (QED) is 0.837. The number of pyridine rings is 1. The molecule has 0 radical (unpaired) electrons. The molecular weight excluding hydrogens is 219 g/mol. The third-order valence-electron chi connectivity index (χ3n) is 2.13. The van der Waals surface area contributed by atoms with Crippen LogP contribution in [0.25, 0.3) is 0 Å². The maximum absolute atomic E-state index is 12.6. The lowest BCUT2D eigenvalue weighted by molar-refractivity contribution is -0.137. The van der Waals surface area contributed by atoms with Crippen molar-refractivity contribution < 1.29 is 13.2 Å². The minimum absolute atomic E-state index is 0.100. The van der Waals surface area contributed by atoms with Crippen LogP contribution < -0.4 is 11.1 Å². The van der Waals surface area contributed by atoms with Gasteiger partial charge in [-0.1, -0.05) is 6.92 Å². The van der Waals surface area contributed by atoms with Crippen molar-refractivity contribution in [1.29, 1.82) is 0 Å². The smallest absolute Gasteiger partial charge is 0.369 e. The molecule has 0 aliphatic rings. The number of anilines is 1. The maximum Gasteiger partial charge on any atom is 0.419 e. The second-order valence-corrected chi connectivity index (χ2v) is 3.62. The van der Waals surface area contributed by atoms with Crippen LogP contribution in [-0.4, -0.2) is 18.1 Å². The highest BCUT2D eigenvalue weighted by Crippen LogP contribution is 2.33. The fourth-order valence-corrected chi connectivity index (χ4v) is 1.13. The Bertz CT molecular complexity index is 338. The number of hydrogen-bond acceptors (Lipinski definition) is 3. The van der Waals surface area contributed by atoms with Gasteiger partial charge in [-0.05, 0) is 24.6 Å². The Labute approximate surface area is 91.9 Å². The van der Waals surface area contributed by atoms with E-state index in [1.807, 2.05) is 6.92 Å². The van der Waals surface area contributed by atoms with Crippen molar-refractivity contribution >= 4 is 5.82 Å². The lowest BCUT2D eigenvalue weighted by atomic mass is 10.2. The number of hydrogen-bond donors (Lipinski definition) is 2. The van der Waals surface area contributed by atoms with Crippen LogP contribution >= 0.6 is 0 Å². The molecule has 0 fully saturated rings. The van der Waals surface area contributed by atoms with Crippen LogP contribution in [0.15, 0.2) is 18.3 Å². The van der Waals surface area contributed by atoms with Crippen molar-refractivity contribution in [3.8, 4) is 0 Å². The van der Waals surface area contributed by atoms with Gasteiger partial charge in [-0.2, -0.15) is 13.2 Å². The van der Waals surface area contributed by atoms with Crippen molar-refractivity contribution in [1.82, 2.24) is 4.98 Å². The van der Waals surface area contributed by atoms with Crippen molar-refractivity contribution in [3.63, 3.8) is 0 Å². The van der Waals surface area contributed by atoms with Gasteiger partial charge < -0.3 is 11.1 Å². The average molecular weight is 233 g/mol. The predicted molar refractivity (Wildman–Crippen MR) is 55.9 cm³/mol. The molecule has 1 heterocycles. The molecule has 0 spiro atoms. The van der Waals surface area contributed by atoms with E-state index in [1.165, 1.54) is 12.3 Å². The Morgan fingerprint density at radius 3 is 2.75 bits per heavy atom. The van der Waals surface area contributed by atoms with Crippen LogP contribution in [0.3, 0.4) is 0 Å². The molecule has 0 aliphatic heterocycles. The zero-order valence-corrected chi connectivity index (χ0v) is 8.88. The van der Waals surface area contributed by atoms with E-state index < -0.39 is 11.7 Å². The summed E-state index contributed by atoms with van der Waals surface area (Å²) < 4.78 is 37.7. The summed E-state index contributed by atoms with van der Waals surface area (Å²) in [5.41, 5.74) is 4.63. The van der Waals surface area contributed by atoms with Gasteiger partial charge in [-0.15, -0.1) is 0 Å². The van der Waals surface area contributed by atoms with Crippen molar-refractivity contribution in [2.45, 2.75) is 13.1 Å². The number of nitrogens with one attached hydrogen (secondary N) is 1. The van der Waals surface area contributed by atoms with Crippen molar-refractivity contribution in [3.05, 3.63) is 23.9 Å². The minimum atomic E-state index is -4.39. The molecule has 1 aromatic heterocycles. The molecule has 3 N–H and O–H groups in total. The highest BCUT2D eigenvalue weighted by molar-refractivity contribution is 5.45. The second-order valence-electron chi connectivity index (χ2n) is 3.62. The first kappa shape index (κ1) is 12.8. The molecule has 0 saturated carbocycles. The zero-order valence-electron chi connectivity index (χ0n) is 8.88. The first-order chi connectivity index (χ1) is 7.45. The fourth-order valence-electron chi connectivity index (χ4n) is 1.13. The summed E-state index contributed by atoms with van der Waals surface area (Å²) in [5, 5.41) is 2.66. The van der Waals surface area contributed by atoms with Gasteiger partial charge in [0.05, 0.1) is 5.56 Å². The van der Waals surface area contributed by atoms with E-state index >= 15 is 0 Å². The monoisotopic (exact) mass is 233 g/mol. The maximum atomic E-state index is 12.6. The Morgan fingerprint density at radius 1 is 1.50 bits per heavy atom. The highest BCUT2D eigenvalue weighted by atomic mass is 19.4. The van der Waals surface area contributed by atoms with Crippen molar-refractivity contribution in [2.24, 2.45) is 11.7 Å². The van der Waals surface area contributed by atoms with Crippen LogP contribution in [0.5, 0.6) is 0 Å². The van der Waals surface area contributed by atoms with E-state index in [4.69, 9.17) is 5.73 Å². The Morgan fingerprint density at radius 2 is 2.19 bits per heavy atom. The first-order valence-corrected chi connectivity index (χ1v) is 4.91. The van der Waals surface area contributed by atoms with Gasteiger partial charge in [0.25, 0.3) is 0 Å². The predicted octanol–water partition coefficient (Wildman–Crippen LogP) is 2.11. The molecule has 1 aromatic rings. The third kappa shape index (κ3) is 3.37. The van der Waals surface area contributed by atoms with E-state index in [1.54, 1.807) is 0 Å². The number of nitrogens with zero attached hydrogens (tertiary/aromatic N) is 1. The number of alkyl halides is 3. The van der Waals surface area contributed by atoms with Gasteiger partial charge in [0.1, 0.15) is 5.82 Å². The van der Waals surface area contributed by atoms with E-state index in [-0.39, 0.29) is 11.7 Å². The third-order valence-corrected chi connectivity index (χ3v) is 2.13. The average Bonchev–Trinajstić information content (AvgIpc) is 2.25. The molecule has 0 saturated heterocycles. The fraction of sp³-hybridized carbons (Fsp3) is 0.500. The number of aromatic nitrogens is 1. The Balaban J connectivity index is 2.80. The molecule has 0 bridgehead atoms. The van der Waals surface area contributed by atoms with Crippen LogP contribution in [0.4, 0.5) is 19.0 Å². The van der Waals surface area contributed by atoms with Gasteiger partial charge in [0.2, 0.25) is 0 Å². The summed E-state index contributed by atoms with van der Waals surface area (Å²) in [6, 6.07) is 2.27. The van der Waals surface area contributed by atoms with E-state index in [9.17, 15) is 13.2 Å². The summed E-state index contributed by atoms with van der Waals surface area (Å²) in [7, 11) is 0. The number of nitrogens with two attached hydrogens (primary N) is 1. The summed E-state index contributed by atoms with van der Waals surface area (Å²) >= 11 is 0. The topological polar surface area (TPSA) is 50.9 Å². The highest BCUT2D eigenvalue weighted by Gasteiger charge is 2.33. The van der Waals surface area contributed by atoms with Gasteiger partial charge in [0.15, 0.2) is 0 Å².